The molecule has 1 fully saturated rings. The molecule has 2 heterocycles. The first kappa shape index (κ1) is 13.5. The predicted octanol–water partition coefficient (Wildman–Crippen LogP) is 0.932. The monoisotopic (exact) mass is 291 g/mol. The van der Waals surface area contributed by atoms with Gasteiger partial charge >= 0.3 is 0 Å². The number of aliphatic hydroxyl groups excluding tert-OH is 1. The average molecular weight is 291 g/mol. The van der Waals surface area contributed by atoms with Gasteiger partial charge in [-0.15, -0.1) is 11.3 Å². The number of hydrogen-bond donors (Lipinski definition) is 2. The molecule has 2 aromatic rings. The molecule has 3 N–H and O–H groups in total. The number of aromatic nitrogens is 1. The summed E-state index contributed by atoms with van der Waals surface area (Å²) in [4.78, 5) is 17.6. The van der Waals surface area contributed by atoms with E-state index in [1.807, 2.05) is 29.2 Å². The van der Waals surface area contributed by atoms with Crippen molar-refractivity contribution in [3.05, 3.63) is 29.3 Å². The molecule has 1 aliphatic rings. The molecular formula is C14H17N3O2S. The zero-order valence-corrected chi connectivity index (χ0v) is 11.8. The maximum atomic E-state index is 11.0. The van der Waals surface area contributed by atoms with Crippen molar-refractivity contribution < 1.29 is 9.90 Å². The molecule has 0 saturated carbocycles. The average Bonchev–Trinajstić information content (AvgIpc) is 2.84. The largest absolute Gasteiger partial charge is 0.392 e. The highest BCUT2D eigenvalue weighted by atomic mass is 32.1. The normalized spacial score (nSPS) is 24.1. The van der Waals surface area contributed by atoms with Crippen molar-refractivity contribution in [1.82, 2.24) is 9.88 Å². The Morgan fingerprint density at radius 3 is 3.05 bits per heavy atom. The van der Waals surface area contributed by atoms with Gasteiger partial charge in [0.2, 0.25) is 5.91 Å². The molecule has 1 aromatic heterocycles. The first-order valence-electron chi connectivity index (χ1n) is 6.67. The summed E-state index contributed by atoms with van der Waals surface area (Å²) in [5, 5.41) is 11.2. The Morgan fingerprint density at radius 1 is 1.50 bits per heavy atom. The van der Waals surface area contributed by atoms with Gasteiger partial charge < -0.3 is 10.8 Å². The Balaban J connectivity index is 1.84. The molecule has 0 aliphatic carbocycles. The van der Waals surface area contributed by atoms with Gasteiger partial charge in [0.05, 0.1) is 22.9 Å². The van der Waals surface area contributed by atoms with E-state index in [1.165, 1.54) is 0 Å². The van der Waals surface area contributed by atoms with Crippen LogP contribution < -0.4 is 5.73 Å². The van der Waals surface area contributed by atoms with Gasteiger partial charge in [0.1, 0.15) is 5.01 Å². The molecule has 5 nitrogen and oxygen atoms in total. The predicted molar refractivity (Wildman–Crippen MR) is 78.6 cm³/mol. The van der Waals surface area contributed by atoms with Crippen molar-refractivity contribution in [1.29, 1.82) is 0 Å². The van der Waals surface area contributed by atoms with Gasteiger partial charge in [-0.25, -0.2) is 4.98 Å². The van der Waals surface area contributed by atoms with Crippen molar-refractivity contribution in [2.45, 2.75) is 18.4 Å². The number of amides is 1. The van der Waals surface area contributed by atoms with E-state index in [1.54, 1.807) is 11.3 Å². The van der Waals surface area contributed by atoms with Gasteiger partial charge in [-0.2, -0.15) is 0 Å². The van der Waals surface area contributed by atoms with Gasteiger partial charge in [-0.05, 0) is 18.6 Å². The van der Waals surface area contributed by atoms with E-state index in [2.05, 4.69) is 4.98 Å². The number of nitrogens with zero attached hydrogens (tertiary/aromatic N) is 2. The number of rotatable bonds is 3. The molecule has 0 bridgehead atoms. The smallest absolute Gasteiger partial charge is 0.231 e. The maximum Gasteiger partial charge on any atom is 0.231 e. The van der Waals surface area contributed by atoms with E-state index in [-0.39, 0.29) is 18.4 Å². The van der Waals surface area contributed by atoms with Crippen molar-refractivity contribution in [2.24, 2.45) is 5.73 Å². The van der Waals surface area contributed by atoms with Crippen molar-refractivity contribution >= 4 is 27.5 Å². The molecule has 1 amide bonds. The second-order valence-corrected chi connectivity index (χ2v) is 6.25. The third-order valence-corrected chi connectivity index (χ3v) is 4.84. The summed E-state index contributed by atoms with van der Waals surface area (Å²) in [5.74, 6) is -0.370. The fourth-order valence-corrected chi connectivity index (χ4v) is 3.78. The van der Waals surface area contributed by atoms with Crippen LogP contribution in [0.25, 0.3) is 10.2 Å². The summed E-state index contributed by atoms with van der Waals surface area (Å²) >= 11 is 1.61. The van der Waals surface area contributed by atoms with Gasteiger partial charge in [-0.3, -0.25) is 9.69 Å². The molecule has 1 aromatic carbocycles. The minimum atomic E-state index is -0.403. The number of likely N-dealkylation sites (tertiary alicyclic amines) is 1. The van der Waals surface area contributed by atoms with Crippen LogP contribution in [0, 0.1) is 0 Å². The summed E-state index contributed by atoms with van der Waals surface area (Å²) < 4.78 is 1.13. The lowest BCUT2D eigenvalue weighted by molar-refractivity contribution is -0.119. The van der Waals surface area contributed by atoms with Crippen LogP contribution in [0.4, 0.5) is 0 Å². The van der Waals surface area contributed by atoms with Gasteiger partial charge in [0.15, 0.2) is 0 Å². The lowest BCUT2D eigenvalue weighted by Crippen LogP contribution is -2.45. The number of nitrogens with two attached hydrogens (primary N) is 1. The molecule has 106 valence electrons. The van der Waals surface area contributed by atoms with Crippen molar-refractivity contribution in [3.63, 3.8) is 0 Å². The second-order valence-electron chi connectivity index (χ2n) is 5.18. The Labute approximate surface area is 121 Å². The fourth-order valence-electron chi connectivity index (χ4n) is 2.66. The van der Waals surface area contributed by atoms with Crippen LogP contribution in [-0.4, -0.2) is 46.6 Å². The number of benzene rings is 1. The highest BCUT2D eigenvalue weighted by Crippen LogP contribution is 2.33. The van der Waals surface area contributed by atoms with E-state index in [4.69, 9.17) is 5.73 Å². The maximum absolute atomic E-state index is 11.0. The first-order chi connectivity index (χ1) is 9.63. The standard InChI is InChI=1S/C14H17N3O2S/c15-13(19)8-17-6-5-11(18)9(7-17)14-16-10-3-1-2-4-12(10)20-14/h1-4,9,11,18H,5-8H2,(H2,15,19). The number of carbonyl (C=O) groups is 1. The Morgan fingerprint density at radius 2 is 2.30 bits per heavy atom. The van der Waals surface area contributed by atoms with Crippen LogP contribution in [-0.2, 0) is 4.79 Å². The molecule has 0 spiro atoms. The molecule has 1 saturated heterocycles. The number of thiazole rings is 1. The molecule has 20 heavy (non-hydrogen) atoms. The Hall–Kier alpha value is -1.50. The van der Waals surface area contributed by atoms with Crippen LogP contribution in [0.3, 0.4) is 0 Å². The summed E-state index contributed by atoms with van der Waals surface area (Å²) in [7, 11) is 0. The lowest BCUT2D eigenvalue weighted by atomic mass is 9.95. The minimum absolute atomic E-state index is 0.0412. The Kier molecular flexibility index (Phi) is 3.69. The molecule has 1 aliphatic heterocycles. The molecule has 2 unspecified atom stereocenters. The van der Waals surface area contributed by atoms with E-state index in [9.17, 15) is 9.90 Å². The summed E-state index contributed by atoms with van der Waals surface area (Å²) in [6, 6.07) is 7.96. The van der Waals surface area contributed by atoms with Crippen LogP contribution in [0.2, 0.25) is 0 Å². The minimum Gasteiger partial charge on any atom is -0.392 e. The zero-order valence-electron chi connectivity index (χ0n) is 11.0. The summed E-state index contributed by atoms with van der Waals surface area (Å²) in [5.41, 5.74) is 6.21. The summed E-state index contributed by atoms with van der Waals surface area (Å²) in [6.07, 6.45) is 0.244. The van der Waals surface area contributed by atoms with E-state index in [0.29, 0.717) is 19.5 Å². The van der Waals surface area contributed by atoms with Gasteiger partial charge in [0, 0.05) is 19.0 Å². The first-order valence-corrected chi connectivity index (χ1v) is 7.49. The zero-order chi connectivity index (χ0) is 14.1. The van der Waals surface area contributed by atoms with Crippen LogP contribution in [0.15, 0.2) is 24.3 Å². The van der Waals surface area contributed by atoms with Crippen LogP contribution in [0.1, 0.15) is 17.3 Å². The van der Waals surface area contributed by atoms with E-state index >= 15 is 0 Å². The number of para-hydroxylation sites is 1. The topological polar surface area (TPSA) is 79.5 Å². The number of carbonyl (C=O) groups excluding carboxylic acids is 1. The Bertz CT molecular complexity index is 595. The molecular weight excluding hydrogens is 274 g/mol. The van der Waals surface area contributed by atoms with E-state index < -0.39 is 6.10 Å². The van der Waals surface area contributed by atoms with Crippen molar-refractivity contribution in [3.8, 4) is 0 Å². The fraction of sp³-hybridized carbons (Fsp3) is 0.429. The summed E-state index contributed by atoms with van der Waals surface area (Å²) in [6.45, 7) is 1.57. The number of primary amides is 1. The van der Waals surface area contributed by atoms with Gasteiger partial charge in [-0.1, -0.05) is 12.1 Å². The number of hydrogen-bond acceptors (Lipinski definition) is 5. The molecule has 6 heteroatoms. The van der Waals surface area contributed by atoms with Crippen LogP contribution >= 0.6 is 11.3 Å². The number of aliphatic hydroxyl groups is 1. The SMILES string of the molecule is NC(=O)CN1CCC(O)C(c2nc3ccccc3s2)C1. The second kappa shape index (κ2) is 5.47. The lowest BCUT2D eigenvalue weighted by Gasteiger charge is -2.34. The highest BCUT2D eigenvalue weighted by molar-refractivity contribution is 7.18. The third-order valence-electron chi connectivity index (χ3n) is 3.67. The molecule has 3 rings (SSSR count). The highest BCUT2D eigenvalue weighted by Gasteiger charge is 2.31. The third kappa shape index (κ3) is 2.67. The molecule has 0 radical (unpaired) electrons. The quantitative estimate of drug-likeness (QED) is 0.882. The van der Waals surface area contributed by atoms with Gasteiger partial charge in [0.25, 0.3) is 0 Å². The van der Waals surface area contributed by atoms with Crippen LogP contribution in [0.5, 0.6) is 0 Å². The van der Waals surface area contributed by atoms with Crippen molar-refractivity contribution in [2.75, 3.05) is 19.6 Å². The number of piperidine rings is 1. The van der Waals surface area contributed by atoms with E-state index in [0.717, 1.165) is 15.2 Å². The number of fused-ring (bicyclic) bond motifs is 1. The molecule has 2 atom stereocenters.